The minimum atomic E-state index is -0.652. The van der Waals surface area contributed by atoms with Gasteiger partial charge in [-0.3, -0.25) is 9.48 Å². The van der Waals surface area contributed by atoms with Crippen molar-refractivity contribution in [2.75, 3.05) is 0 Å². The minimum absolute atomic E-state index is 0.00223. The first-order valence-corrected chi connectivity index (χ1v) is 11.7. The van der Waals surface area contributed by atoms with Crippen molar-refractivity contribution in [3.8, 4) is 11.1 Å². The van der Waals surface area contributed by atoms with Crippen molar-refractivity contribution in [3.63, 3.8) is 0 Å². The molecule has 0 fully saturated rings. The predicted octanol–water partition coefficient (Wildman–Crippen LogP) is 5.81. The quantitative estimate of drug-likeness (QED) is 0.517. The molecule has 1 aliphatic rings. The molecule has 0 radical (unpaired) electrons. The van der Waals surface area contributed by atoms with E-state index in [1.54, 1.807) is 6.92 Å². The first-order chi connectivity index (χ1) is 14.2. The van der Waals surface area contributed by atoms with Gasteiger partial charge in [-0.15, -0.1) is 11.3 Å². The fourth-order valence-corrected chi connectivity index (χ4v) is 5.72. The van der Waals surface area contributed by atoms with E-state index >= 15 is 0 Å². The van der Waals surface area contributed by atoms with Crippen molar-refractivity contribution in [3.05, 3.63) is 34.1 Å². The van der Waals surface area contributed by atoms with Gasteiger partial charge in [0.05, 0.1) is 11.8 Å². The molecule has 3 aromatic heterocycles. The van der Waals surface area contributed by atoms with Gasteiger partial charge in [-0.05, 0) is 72.8 Å². The molecule has 0 bridgehead atoms. The molecule has 6 heteroatoms. The number of carbonyl (C=O) groups is 1. The van der Waals surface area contributed by atoms with E-state index in [1.807, 2.05) is 49.9 Å². The monoisotopic (exact) mass is 425 g/mol. The summed E-state index contributed by atoms with van der Waals surface area (Å²) in [7, 11) is 0. The number of hydrogen-bond donors (Lipinski definition) is 0. The Hall–Kier alpha value is -2.05. The lowest BCUT2D eigenvalue weighted by atomic mass is 9.88. The van der Waals surface area contributed by atoms with E-state index in [0.29, 0.717) is 0 Å². The number of fused-ring (bicyclic) bond motifs is 3. The zero-order valence-corrected chi connectivity index (χ0v) is 19.7. The van der Waals surface area contributed by atoms with Gasteiger partial charge in [-0.2, -0.15) is 5.10 Å². The Kier molecular flexibility index (Phi) is 5.58. The molecule has 4 rings (SSSR count). The van der Waals surface area contributed by atoms with Crippen LogP contribution in [0.5, 0.6) is 0 Å². The lowest BCUT2D eigenvalue weighted by molar-refractivity contribution is -0.138. The van der Waals surface area contributed by atoms with Crippen LogP contribution in [0, 0.1) is 6.92 Å². The third-order valence-corrected chi connectivity index (χ3v) is 6.87. The maximum absolute atomic E-state index is 12.8. The fraction of sp³-hybridized carbons (Fsp3) is 0.542. The second-order valence-electron chi connectivity index (χ2n) is 9.18. The number of Topliss-reactive ketones (excluding diaryl/α,β-unsaturated/α-hetero) is 1. The highest BCUT2D eigenvalue weighted by Crippen LogP contribution is 2.45. The molecule has 1 aliphatic carbocycles. The Morgan fingerprint density at radius 3 is 2.67 bits per heavy atom. The van der Waals surface area contributed by atoms with Crippen molar-refractivity contribution in [1.82, 2.24) is 14.8 Å². The number of hydrogen-bond acceptors (Lipinski definition) is 5. The predicted molar refractivity (Wildman–Crippen MR) is 122 cm³/mol. The number of ketones is 1. The fourth-order valence-electron chi connectivity index (χ4n) is 4.40. The Morgan fingerprint density at radius 2 is 2.03 bits per heavy atom. The van der Waals surface area contributed by atoms with Crippen LogP contribution in [0.3, 0.4) is 0 Å². The van der Waals surface area contributed by atoms with Crippen LogP contribution < -0.4 is 0 Å². The molecule has 160 valence electrons. The number of thiophene rings is 1. The summed E-state index contributed by atoms with van der Waals surface area (Å²) in [6.07, 6.45) is 7.97. The average Bonchev–Trinajstić information content (AvgIpc) is 3.28. The summed E-state index contributed by atoms with van der Waals surface area (Å²) in [4.78, 5) is 20.3. The van der Waals surface area contributed by atoms with Crippen molar-refractivity contribution < 1.29 is 9.53 Å². The highest BCUT2D eigenvalue weighted by Gasteiger charge is 2.32. The second kappa shape index (κ2) is 7.89. The number of aryl methyl sites for hydroxylation is 4. The first-order valence-electron chi connectivity index (χ1n) is 10.9. The van der Waals surface area contributed by atoms with Crippen LogP contribution in [0.25, 0.3) is 21.3 Å². The summed E-state index contributed by atoms with van der Waals surface area (Å²) in [5.74, 6) is 0.00223. The van der Waals surface area contributed by atoms with Crippen LogP contribution in [0.4, 0.5) is 0 Å². The smallest absolute Gasteiger partial charge is 0.163 e. The minimum Gasteiger partial charge on any atom is -0.360 e. The summed E-state index contributed by atoms with van der Waals surface area (Å²) in [5.41, 5.74) is 4.85. The Morgan fingerprint density at radius 1 is 1.30 bits per heavy atom. The van der Waals surface area contributed by atoms with E-state index in [-0.39, 0.29) is 5.78 Å². The molecule has 0 N–H and O–H groups in total. The number of aromatic nitrogens is 3. The van der Waals surface area contributed by atoms with Gasteiger partial charge in [0, 0.05) is 45.4 Å². The summed E-state index contributed by atoms with van der Waals surface area (Å²) >= 11 is 1.81. The van der Waals surface area contributed by atoms with Gasteiger partial charge in [0.1, 0.15) is 10.9 Å². The third-order valence-electron chi connectivity index (χ3n) is 5.68. The van der Waals surface area contributed by atoms with Crippen LogP contribution in [-0.4, -0.2) is 26.1 Å². The second-order valence-corrected chi connectivity index (χ2v) is 10.3. The Bertz CT molecular complexity index is 1100. The molecule has 0 spiro atoms. The molecule has 5 nitrogen and oxygen atoms in total. The molecule has 0 saturated carbocycles. The normalized spacial score (nSPS) is 15.4. The van der Waals surface area contributed by atoms with E-state index < -0.39 is 11.7 Å². The molecule has 3 aromatic rings. The number of pyridine rings is 1. The van der Waals surface area contributed by atoms with Crippen molar-refractivity contribution in [2.45, 2.75) is 85.5 Å². The van der Waals surface area contributed by atoms with Gasteiger partial charge in [0.25, 0.3) is 0 Å². The highest BCUT2D eigenvalue weighted by molar-refractivity contribution is 7.19. The molecule has 1 atom stereocenters. The number of ether oxygens (including phenoxy) is 1. The maximum atomic E-state index is 12.8. The highest BCUT2D eigenvalue weighted by atomic mass is 32.1. The third kappa shape index (κ3) is 3.83. The van der Waals surface area contributed by atoms with Crippen molar-refractivity contribution in [2.24, 2.45) is 0 Å². The van der Waals surface area contributed by atoms with Crippen LogP contribution in [0.1, 0.15) is 75.3 Å². The van der Waals surface area contributed by atoms with E-state index in [9.17, 15) is 4.79 Å². The van der Waals surface area contributed by atoms with Crippen LogP contribution in [-0.2, 0) is 28.9 Å². The van der Waals surface area contributed by atoms with Crippen molar-refractivity contribution in [1.29, 1.82) is 0 Å². The summed E-state index contributed by atoms with van der Waals surface area (Å²) in [5, 5.41) is 5.74. The van der Waals surface area contributed by atoms with Crippen LogP contribution in [0.2, 0.25) is 0 Å². The molecular weight excluding hydrogens is 394 g/mol. The molecule has 0 saturated heterocycles. The number of nitrogens with zero attached hydrogens (tertiary/aromatic N) is 3. The Labute approximate surface area is 182 Å². The zero-order valence-electron chi connectivity index (χ0n) is 18.8. The maximum Gasteiger partial charge on any atom is 0.163 e. The van der Waals surface area contributed by atoms with Gasteiger partial charge in [0.15, 0.2) is 5.78 Å². The van der Waals surface area contributed by atoms with Crippen LogP contribution >= 0.6 is 11.3 Å². The largest absolute Gasteiger partial charge is 0.360 e. The van der Waals surface area contributed by atoms with Gasteiger partial charge in [-0.1, -0.05) is 0 Å². The standard InChI is InChI=1S/C24H31N3O2S/c1-7-27-13-16(12-25-27)20-19(22(15(3)28)29-24(4,5)6)14(2)26-23-21(20)17-10-8-9-11-18(17)30-23/h12-13,22H,7-11H2,1-6H3/t22-/m1/s1. The van der Waals surface area contributed by atoms with Crippen molar-refractivity contribution >= 4 is 27.3 Å². The molecule has 0 aromatic carbocycles. The topological polar surface area (TPSA) is 57.0 Å². The summed E-state index contributed by atoms with van der Waals surface area (Å²) < 4.78 is 8.26. The van der Waals surface area contributed by atoms with E-state index in [1.165, 1.54) is 28.7 Å². The molecule has 0 aliphatic heterocycles. The lowest BCUT2D eigenvalue weighted by Gasteiger charge is -2.28. The Balaban J connectivity index is 2.06. The summed E-state index contributed by atoms with van der Waals surface area (Å²) in [6.45, 7) is 12.5. The number of carbonyl (C=O) groups excluding carboxylic acids is 1. The lowest BCUT2D eigenvalue weighted by Crippen LogP contribution is -2.27. The van der Waals surface area contributed by atoms with Gasteiger partial charge in [-0.25, -0.2) is 4.98 Å². The SMILES string of the molecule is CCn1cc(-c2c([C@H](OC(C)(C)C)C(C)=O)c(C)nc3sc4c(c23)CCCC4)cn1. The van der Waals surface area contributed by atoms with E-state index in [2.05, 4.69) is 18.2 Å². The molecule has 30 heavy (non-hydrogen) atoms. The molecular formula is C24H31N3O2S. The first kappa shape index (κ1) is 21.2. The molecule has 0 amide bonds. The van der Waals surface area contributed by atoms with Gasteiger partial charge in [0.2, 0.25) is 0 Å². The number of rotatable bonds is 5. The zero-order chi connectivity index (χ0) is 21.6. The average molecular weight is 426 g/mol. The molecule has 3 heterocycles. The summed E-state index contributed by atoms with van der Waals surface area (Å²) in [6, 6.07) is 0. The van der Waals surface area contributed by atoms with Crippen LogP contribution in [0.15, 0.2) is 12.4 Å². The van der Waals surface area contributed by atoms with Gasteiger partial charge >= 0.3 is 0 Å². The van der Waals surface area contributed by atoms with Gasteiger partial charge < -0.3 is 4.74 Å². The molecule has 0 unspecified atom stereocenters. The van der Waals surface area contributed by atoms with E-state index in [4.69, 9.17) is 9.72 Å². The van der Waals surface area contributed by atoms with E-state index in [0.717, 1.165) is 46.6 Å².